The molecule has 3 aliphatic rings. The Hall–Kier alpha value is -2.85. The third-order valence-corrected chi connectivity index (χ3v) is 6.68. The van der Waals surface area contributed by atoms with E-state index in [9.17, 15) is 22.8 Å². The zero-order valence-electron chi connectivity index (χ0n) is 18.5. The number of ether oxygens (including phenoxy) is 1. The minimum atomic E-state index is -4.47. The molecule has 0 aromatic carbocycles. The largest absolute Gasteiger partial charge is 0.446 e. The molecule has 2 aliphatic carbocycles. The molecule has 2 heterocycles. The highest BCUT2D eigenvalue weighted by Gasteiger charge is 2.42. The highest BCUT2D eigenvalue weighted by molar-refractivity contribution is 6.00. The number of alkyl carbamates (subject to hydrolysis) is 1. The third kappa shape index (κ3) is 5.75. The molecule has 4 atom stereocenters. The fourth-order valence-corrected chi connectivity index (χ4v) is 4.38. The summed E-state index contributed by atoms with van der Waals surface area (Å²) in [6, 6.07) is 2.11. The summed E-state index contributed by atoms with van der Waals surface area (Å²) in [7, 11) is 0. The second-order valence-electron chi connectivity index (χ2n) is 9.49. The van der Waals surface area contributed by atoms with Crippen LogP contribution in [0.3, 0.4) is 0 Å². The molecule has 0 bridgehead atoms. The molecule has 33 heavy (non-hydrogen) atoms. The van der Waals surface area contributed by atoms with Crippen molar-refractivity contribution in [1.82, 2.24) is 21.0 Å². The minimum Gasteiger partial charge on any atom is -0.446 e. The second-order valence-corrected chi connectivity index (χ2v) is 9.49. The number of rotatable bonds is 5. The summed E-state index contributed by atoms with van der Waals surface area (Å²) < 4.78 is 43.5. The van der Waals surface area contributed by atoms with E-state index in [1.165, 1.54) is 6.07 Å². The van der Waals surface area contributed by atoms with Crippen LogP contribution in [-0.4, -0.2) is 40.5 Å². The summed E-state index contributed by atoms with van der Waals surface area (Å²) in [5, 5.41) is 9.90. The van der Waals surface area contributed by atoms with E-state index in [1.54, 1.807) is 0 Å². The first kappa shape index (κ1) is 23.3. The van der Waals surface area contributed by atoms with Gasteiger partial charge in [-0.3, -0.25) is 9.78 Å². The standard InChI is InChI=1S/C22H28F3N5O3/c1-12-18(13-3-6-16(9-13)33-20(32)28-21(2)7-8-21)29-30-19(12)27-17(31)10-15-5-4-14(11-26-15)22(23,24)25/h4-5,11-13,16,18,29H,3,6-10H2,1-2H3,(H,28,32)(H,27,30,31)/t12?,13-,16+,18?/m0/s1. The lowest BCUT2D eigenvalue weighted by Gasteiger charge is -2.23. The fourth-order valence-electron chi connectivity index (χ4n) is 4.38. The van der Waals surface area contributed by atoms with E-state index in [4.69, 9.17) is 4.74 Å². The first-order valence-electron chi connectivity index (χ1n) is 11.2. The molecule has 4 rings (SSSR count). The van der Waals surface area contributed by atoms with Crippen LogP contribution in [0.5, 0.6) is 0 Å². The fraction of sp³-hybridized carbons (Fsp3) is 0.636. The number of hydrazone groups is 1. The maximum Gasteiger partial charge on any atom is 0.417 e. The van der Waals surface area contributed by atoms with Crippen molar-refractivity contribution in [2.24, 2.45) is 16.9 Å². The number of aromatic nitrogens is 1. The summed E-state index contributed by atoms with van der Waals surface area (Å²) in [6.07, 6.45) is -0.0830. The smallest absolute Gasteiger partial charge is 0.417 e. The molecule has 0 radical (unpaired) electrons. The molecule has 0 spiro atoms. The van der Waals surface area contributed by atoms with Crippen LogP contribution in [0, 0.1) is 11.8 Å². The van der Waals surface area contributed by atoms with Gasteiger partial charge in [-0.25, -0.2) is 4.79 Å². The number of nitrogens with zero attached hydrogens (tertiary/aromatic N) is 2. The number of carbonyl (C=O) groups is 2. The summed E-state index contributed by atoms with van der Waals surface area (Å²) in [5.41, 5.74) is 2.36. The summed E-state index contributed by atoms with van der Waals surface area (Å²) in [5.74, 6) is 0.260. The average Bonchev–Trinajstić information content (AvgIpc) is 3.10. The maximum atomic E-state index is 12.6. The molecule has 2 saturated carbocycles. The molecule has 1 aromatic rings. The Balaban J connectivity index is 1.23. The number of amides is 2. The number of alkyl halides is 3. The van der Waals surface area contributed by atoms with E-state index >= 15 is 0 Å². The maximum absolute atomic E-state index is 12.6. The number of carbonyl (C=O) groups excluding carboxylic acids is 2. The molecule has 2 fully saturated rings. The van der Waals surface area contributed by atoms with Gasteiger partial charge in [-0.15, -0.1) is 0 Å². The highest BCUT2D eigenvalue weighted by atomic mass is 19.4. The summed E-state index contributed by atoms with van der Waals surface area (Å²) in [4.78, 5) is 28.2. The van der Waals surface area contributed by atoms with E-state index < -0.39 is 17.6 Å². The average molecular weight is 467 g/mol. The van der Waals surface area contributed by atoms with Gasteiger partial charge in [0.15, 0.2) is 0 Å². The van der Waals surface area contributed by atoms with Crippen LogP contribution >= 0.6 is 0 Å². The Bertz CT molecular complexity index is 930. The molecule has 1 aromatic heterocycles. The van der Waals surface area contributed by atoms with Gasteiger partial charge in [0, 0.05) is 23.3 Å². The Morgan fingerprint density at radius 3 is 2.67 bits per heavy atom. The molecule has 3 N–H and O–H groups in total. The number of amidine groups is 1. The highest BCUT2D eigenvalue weighted by Crippen LogP contribution is 2.36. The molecule has 1 aliphatic heterocycles. The topological polar surface area (TPSA) is 105 Å². The van der Waals surface area contributed by atoms with Crippen LogP contribution in [0.4, 0.5) is 18.0 Å². The van der Waals surface area contributed by atoms with Crippen LogP contribution in [-0.2, 0) is 22.1 Å². The Kier molecular flexibility index (Phi) is 6.24. The zero-order valence-corrected chi connectivity index (χ0v) is 18.5. The van der Waals surface area contributed by atoms with Crippen LogP contribution in [0.1, 0.15) is 57.2 Å². The first-order valence-corrected chi connectivity index (χ1v) is 11.2. The van der Waals surface area contributed by atoms with Gasteiger partial charge >= 0.3 is 12.3 Å². The van der Waals surface area contributed by atoms with Crippen molar-refractivity contribution in [2.45, 2.75) is 76.2 Å². The van der Waals surface area contributed by atoms with Crippen LogP contribution < -0.4 is 16.1 Å². The monoisotopic (exact) mass is 467 g/mol. The lowest BCUT2D eigenvalue weighted by atomic mass is 9.88. The Morgan fingerprint density at radius 1 is 1.27 bits per heavy atom. The quantitative estimate of drug-likeness (QED) is 0.617. The van der Waals surface area contributed by atoms with Crippen molar-refractivity contribution < 1.29 is 27.5 Å². The number of nitrogens with one attached hydrogen (secondary N) is 3. The van der Waals surface area contributed by atoms with Crippen molar-refractivity contribution in [3.63, 3.8) is 0 Å². The number of hydrogen-bond acceptors (Lipinski definition) is 6. The van der Waals surface area contributed by atoms with Crippen molar-refractivity contribution in [3.8, 4) is 0 Å². The molecule has 2 unspecified atom stereocenters. The van der Waals surface area contributed by atoms with Crippen LogP contribution in [0.2, 0.25) is 0 Å². The van der Waals surface area contributed by atoms with Gasteiger partial charge in [0.1, 0.15) is 11.9 Å². The lowest BCUT2D eigenvalue weighted by Crippen LogP contribution is -2.40. The number of hydrogen-bond donors (Lipinski definition) is 3. The predicted octanol–water partition coefficient (Wildman–Crippen LogP) is 3.13. The molecule has 8 nitrogen and oxygen atoms in total. The van der Waals surface area contributed by atoms with E-state index in [0.29, 0.717) is 5.84 Å². The lowest BCUT2D eigenvalue weighted by molar-refractivity contribution is -0.137. The molecular formula is C22H28F3N5O3. The predicted molar refractivity (Wildman–Crippen MR) is 113 cm³/mol. The van der Waals surface area contributed by atoms with E-state index in [1.807, 2.05) is 13.8 Å². The van der Waals surface area contributed by atoms with Crippen molar-refractivity contribution in [2.75, 3.05) is 0 Å². The van der Waals surface area contributed by atoms with Gasteiger partial charge in [0.25, 0.3) is 0 Å². The SMILES string of the molecule is CC1C(NC(=O)Cc2ccc(C(F)(F)F)cn2)=NNC1[C@H]1CC[C@@H](OC(=O)NC2(C)CC2)C1. The van der Waals surface area contributed by atoms with Gasteiger partial charge < -0.3 is 20.8 Å². The Morgan fingerprint density at radius 2 is 2.03 bits per heavy atom. The van der Waals surface area contributed by atoms with Gasteiger partial charge in [-0.2, -0.15) is 18.3 Å². The third-order valence-electron chi connectivity index (χ3n) is 6.68. The number of pyridine rings is 1. The van der Waals surface area contributed by atoms with E-state index in [2.05, 4.69) is 26.1 Å². The first-order chi connectivity index (χ1) is 15.5. The van der Waals surface area contributed by atoms with Crippen LogP contribution in [0.15, 0.2) is 23.4 Å². The second kappa shape index (κ2) is 8.83. The summed E-state index contributed by atoms with van der Waals surface area (Å²) >= 11 is 0. The molecular weight excluding hydrogens is 439 g/mol. The van der Waals surface area contributed by atoms with Gasteiger partial charge in [-0.05, 0) is 57.1 Å². The van der Waals surface area contributed by atoms with E-state index in [-0.39, 0.29) is 47.7 Å². The summed E-state index contributed by atoms with van der Waals surface area (Å²) in [6.45, 7) is 3.95. The normalized spacial score (nSPS) is 28.0. The van der Waals surface area contributed by atoms with Gasteiger partial charge in [0.2, 0.25) is 5.91 Å². The van der Waals surface area contributed by atoms with Gasteiger partial charge in [0.05, 0.1) is 18.0 Å². The van der Waals surface area contributed by atoms with Crippen molar-refractivity contribution in [1.29, 1.82) is 0 Å². The van der Waals surface area contributed by atoms with Crippen molar-refractivity contribution in [3.05, 3.63) is 29.6 Å². The van der Waals surface area contributed by atoms with Crippen molar-refractivity contribution >= 4 is 17.8 Å². The minimum absolute atomic E-state index is 0.00195. The Labute approximate surface area is 189 Å². The zero-order chi connectivity index (χ0) is 23.8. The number of halogens is 3. The molecule has 0 saturated heterocycles. The molecule has 2 amide bonds. The van der Waals surface area contributed by atoms with Crippen LogP contribution in [0.25, 0.3) is 0 Å². The van der Waals surface area contributed by atoms with Gasteiger partial charge in [-0.1, -0.05) is 6.92 Å². The molecule has 180 valence electrons. The molecule has 11 heteroatoms. The van der Waals surface area contributed by atoms with E-state index in [0.717, 1.165) is 44.4 Å².